The number of halogens is 2. The molecule has 3 N–H and O–H groups in total. The minimum Gasteiger partial charge on any atom is -0.367 e. The Bertz CT molecular complexity index is 1340. The maximum Gasteiger partial charge on any atom is 0.254 e. The molecule has 2 amide bonds. The van der Waals surface area contributed by atoms with Gasteiger partial charge >= 0.3 is 0 Å². The number of hydrogen-bond donors (Lipinski definition) is 3. The summed E-state index contributed by atoms with van der Waals surface area (Å²) < 4.78 is 28.8. The average Bonchev–Trinajstić information content (AvgIpc) is 3.01. The summed E-state index contributed by atoms with van der Waals surface area (Å²) >= 11 is 0. The molecule has 0 spiro atoms. The highest BCUT2D eigenvalue weighted by Crippen LogP contribution is 2.28. The number of carbonyl (C=O) groups is 2. The molecule has 2 heterocycles. The van der Waals surface area contributed by atoms with Gasteiger partial charge in [-0.15, -0.1) is 0 Å². The molecule has 0 radical (unpaired) electrons. The fourth-order valence-corrected chi connectivity index (χ4v) is 5.47. The Morgan fingerprint density at radius 1 is 0.810 bits per heavy atom. The first-order chi connectivity index (χ1) is 20.5. The van der Waals surface area contributed by atoms with Crippen molar-refractivity contribution in [3.8, 4) is 0 Å². The summed E-state index contributed by atoms with van der Waals surface area (Å²) in [6.07, 6.45) is 0.184. The van der Waals surface area contributed by atoms with E-state index in [9.17, 15) is 18.4 Å². The normalized spacial score (nSPS) is 17.0. The number of benzene rings is 3. The van der Waals surface area contributed by atoms with Crippen LogP contribution in [-0.4, -0.2) is 93.1 Å². The molecule has 2 aliphatic rings. The molecule has 10 heteroatoms. The van der Waals surface area contributed by atoms with Gasteiger partial charge < -0.3 is 20.9 Å². The molecule has 222 valence electrons. The molecule has 1 unspecified atom stereocenters. The molecule has 8 nitrogen and oxygen atoms in total. The van der Waals surface area contributed by atoms with Crippen LogP contribution >= 0.6 is 0 Å². The van der Waals surface area contributed by atoms with E-state index in [1.54, 1.807) is 12.1 Å². The van der Waals surface area contributed by atoms with E-state index < -0.39 is 29.5 Å². The lowest BCUT2D eigenvalue weighted by atomic mass is 10.0. The smallest absolute Gasteiger partial charge is 0.254 e. The maximum atomic E-state index is 14.4. The zero-order valence-corrected chi connectivity index (χ0v) is 23.7. The van der Waals surface area contributed by atoms with E-state index in [1.165, 1.54) is 30.3 Å². The molecule has 42 heavy (non-hydrogen) atoms. The van der Waals surface area contributed by atoms with Crippen LogP contribution in [-0.2, 0) is 11.2 Å². The quantitative estimate of drug-likeness (QED) is 0.345. The van der Waals surface area contributed by atoms with Gasteiger partial charge in [-0.05, 0) is 35.9 Å². The Morgan fingerprint density at radius 2 is 1.48 bits per heavy atom. The molecule has 2 saturated heterocycles. The van der Waals surface area contributed by atoms with Gasteiger partial charge in [-0.25, -0.2) is 8.78 Å². The van der Waals surface area contributed by atoms with Gasteiger partial charge in [-0.2, -0.15) is 0 Å². The Labute approximate surface area is 245 Å². The van der Waals surface area contributed by atoms with Crippen molar-refractivity contribution < 1.29 is 18.4 Å². The summed E-state index contributed by atoms with van der Waals surface area (Å²) in [5.41, 5.74) is 1.74. The number of piperazine rings is 2. The third-order valence-corrected chi connectivity index (χ3v) is 7.89. The first-order valence-corrected chi connectivity index (χ1v) is 14.6. The molecule has 0 aromatic heterocycles. The van der Waals surface area contributed by atoms with Gasteiger partial charge in [0.05, 0.1) is 16.9 Å². The zero-order valence-electron chi connectivity index (χ0n) is 23.7. The highest BCUT2D eigenvalue weighted by Gasteiger charge is 2.26. The second-order valence-electron chi connectivity index (χ2n) is 10.8. The highest BCUT2D eigenvalue weighted by atomic mass is 19.1. The third kappa shape index (κ3) is 7.90. The minimum atomic E-state index is -1.02. The summed E-state index contributed by atoms with van der Waals surface area (Å²) in [5, 5.41) is 8.94. The van der Waals surface area contributed by atoms with Gasteiger partial charge in [0, 0.05) is 71.9 Å². The zero-order chi connectivity index (χ0) is 29.3. The van der Waals surface area contributed by atoms with Gasteiger partial charge in [-0.1, -0.05) is 42.5 Å². The van der Waals surface area contributed by atoms with Gasteiger partial charge in [0.2, 0.25) is 5.91 Å². The van der Waals surface area contributed by atoms with E-state index in [-0.39, 0.29) is 12.0 Å². The van der Waals surface area contributed by atoms with Crippen molar-refractivity contribution in [1.29, 1.82) is 0 Å². The molecule has 0 bridgehead atoms. The van der Waals surface area contributed by atoms with E-state index in [0.717, 1.165) is 76.7 Å². The molecular formula is C32H38F2N6O2. The summed E-state index contributed by atoms with van der Waals surface area (Å²) in [5.74, 6) is -2.35. The van der Waals surface area contributed by atoms with Crippen molar-refractivity contribution in [3.05, 3.63) is 95.6 Å². The van der Waals surface area contributed by atoms with E-state index in [4.69, 9.17) is 0 Å². The van der Waals surface area contributed by atoms with Crippen molar-refractivity contribution >= 4 is 23.2 Å². The van der Waals surface area contributed by atoms with Crippen molar-refractivity contribution in [1.82, 2.24) is 20.4 Å². The molecule has 2 fully saturated rings. The lowest BCUT2D eigenvalue weighted by Gasteiger charge is -2.38. The first-order valence-electron chi connectivity index (χ1n) is 14.6. The second-order valence-corrected chi connectivity index (χ2v) is 10.8. The number of amides is 2. The van der Waals surface area contributed by atoms with Crippen LogP contribution in [0.25, 0.3) is 0 Å². The maximum absolute atomic E-state index is 14.4. The fraction of sp³-hybridized carbons (Fsp3) is 0.375. The van der Waals surface area contributed by atoms with Crippen molar-refractivity contribution in [2.45, 2.75) is 12.5 Å². The molecule has 3 aromatic rings. The lowest BCUT2D eigenvalue weighted by molar-refractivity contribution is -0.118. The Kier molecular flexibility index (Phi) is 10.1. The van der Waals surface area contributed by atoms with Crippen LogP contribution < -0.4 is 20.9 Å². The summed E-state index contributed by atoms with van der Waals surface area (Å²) in [6, 6.07) is 18.3. The van der Waals surface area contributed by atoms with Crippen LogP contribution in [0.5, 0.6) is 0 Å². The Hall–Kier alpha value is -3.86. The highest BCUT2D eigenvalue weighted by molar-refractivity contribution is 6.02. The van der Waals surface area contributed by atoms with Crippen LogP contribution in [0.4, 0.5) is 20.2 Å². The van der Waals surface area contributed by atoms with E-state index in [1.807, 2.05) is 30.3 Å². The summed E-state index contributed by atoms with van der Waals surface area (Å²) in [4.78, 5) is 33.7. The number of hydrogen-bond acceptors (Lipinski definition) is 6. The number of nitrogens with one attached hydrogen (secondary N) is 3. The summed E-state index contributed by atoms with van der Waals surface area (Å²) in [6.45, 7) is 9.48. The van der Waals surface area contributed by atoms with Crippen LogP contribution in [0.15, 0.2) is 72.8 Å². The molecular weight excluding hydrogens is 538 g/mol. The SMILES string of the molecule is O=C(NC(Cc1ccccc1)C(=O)Nc1cc(F)ccc1N1CCN(CCN2CCNCC2)CC1)c1ccccc1F. The lowest BCUT2D eigenvalue weighted by Crippen LogP contribution is -2.51. The van der Waals surface area contributed by atoms with E-state index >= 15 is 0 Å². The number of nitrogens with zero attached hydrogens (tertiary/aromatic N) is 3. The van der Waals surface area contributed by atoms with Crippen LogP contribution in [0.2, 0.25) is 0 Å². The predicted octanol–water partition coefficient (Wildman–Crippen LogP) is 2.97. The topological polar surface area (TPSA) is 80.0 Å². The first kappa shape index (κ1) is 29.6. The number of rotatable bonds is 10. The van der Waals surface area contributed by atoms with Crippen LogP contribution in [0.1, 0.15) is 15.9 Å². The van der Waals surface area contributed by atoms with Gasteiger partial charge in [0.1, 0.15) is 17.7 Å². The largest absolute Gasteiger partial charge is 0.367 e. The van der Waals surface area contributed by atoms with E-state index in [2.05, 4.69) is 30.7 Å². The minimum absolute atomic E-state index is 0.148. The molecule has 1 atom stereocenters. The van der Waals surface area contributed by atoms with Crippen molar-refractivity contribution in [2.24, 2.45) is 0 Å². The van der Waals surface area contributed by atoms with Gasteiger partial charge in [0.15, 0.2) is 0 Å². The van der Waals surface area contributed by atoms with Crippen molar-refractivity contribution in [3.63, 3.8) is 0 Å². The van der Waals surface area contributed by atoms with Crippen molar-refractivity contribution in [2.75, 3.05) is 75.7 Å². The van der Waals surface area contributed by atoms with Gasteiger partial charge in [-0.3, -0.25) is 19.4 Å². The molecule has 5 rings (SSSR count). The van der Waals surface area contributed by atoms with E-state index in [0.29, 0.717) is 5.69 Å². The standard InChI is InChI=1S/C32H38F2N6O2/c33-25-10-11-30(40-20-18-39(19-21-40)17-16-38-14-12-35-13-15-38)28(23-25)36-32(42)29(22-24-6-2-1-3-7-24)37-31(41)26-8-4-5-9-27(26)34/h1-11,23,29,35H,12-22H2,(H,36,42)(H,37,41). The van der Waals surface area contributed by atoms with Crippen LogP contribution in [0, 0.1) is 11.6 Å². The van der Waals surface area contributed by atoms with Gasteiger partial charge in [0.25, 0.3) is 5.91 Å². The fourth-order valence-electron chi connectivity index (χ4n) is 5.47. The third-order valence-electron chi connectivity index (χ3n) is 7.89. The monoisotopic (exact) mass is 576 g/mol. The number of anilines is 2. The molecule has 2 aliphatic heterocycles. The second kappa shape index (κ2) is 14.4. The molecule has 3 aromatic carbocycles. The molecule has 0 saturated carbocycles. The number of carbonyl (C=O) groups excluding carboxylic acids is 2. The Balaban J connectivity index is 1.27. The summed E-state index contributed by atoms with van der Waals surface area (Å²) in [7, 11) is 0. The van der Waals surface area contributed by atoms with Crippen LogP contribution in [0.3, 0.4) is 0 Å². The average molecular weight is 577 g/mol. The Morgan fingerprint density at radius 3 is 2.19 bits per heavy atom. The molecule has 0 aliphatic carbocycles. The predicted molar refractivity (Wildman–Crippen MR) is 161 cm³/mol.